The molecule has 9 nitrogen and oxygen atoms in total. The van der Waals surface area contributed by atoms with E-state index in [-0.39, 0.29) is 88.7 Å². The number of rotatable bonds is 3. The van der Waals surface area contributed by atoms with Crippen molar-refractivity contribution in [3.05, 3.63) is 0 Å². The number of aliphatic hydroxyl groups excluding tert-OH is 2. The number of carboxylic acids is 2. The van der Waals surface area contributed by atoms with Gasteiger partial charge in [-0.15, -0.1) is 0 Å². The van der Waals surface area contributed by atoms with Crippen molar-refractivity contribution >= 4 is 19.3 Å². The summed E-state index contributed by atoms with van der Waals surface area (Å²) < 4.78 is 0. The molecule has 0 aliphatic heterocycles. The molecule has 0 heterocycles. The van der Waals surface area contributed by atoms with Gasteiger partial charge in [0.15, 0.2) is 12.2 Å². The SMILES string of the molecule is O=C(O)C(O)C(O)C(=O)O.[Na+].[Na+].[Na+].[O-]B([O-])[O-]. The van der Waals surface area contributed by atoms with E-state index in [2.05, 4.69) is 0 Å². The summed E-state index contributed by atoms with van der Waals surface area (Å²) in [5.41, 5.74) is 0. The Kier molecular flexibility index (Phi) is 32.8. The van der Waals surface area contributed by atoms with Gasteiger partial charge in [-0.1, -0.05) is 0 Å². The van der Waals surface area contributed by atoms with Crippen LogP contribution in [0.15, 0.2) is 0 Å². The van der Waals surface area contributed by atoms with Gasteiger partial charge in [-0.2, -0.15) is 0 Å². The minimum atomic E-state index is -2.92. The topological polar surface area (TPSA) is 184 Å². The minimum absolute atomic E-state index is 0. The van der Waals surface area contributed by atoms with E-state index in [4.69, 9.17) is 35.5 Å². The molecule has 13 heteroatoms. The molecule has 0 radical (unpaired) electrons. The summed E-state index contributed by atoms with van der Waals surface area (Å²) in [7, 11) is -2.92. The maximum atomic E-state index is 9.77. The van der Waals surface area contributed by atoms with Crippen LogP contribution in [0.5, 0.6) is 0 Å². The van der Waals surface area contributed by atoms with Crippen LogP contribution in [-0.2, 0) is 9.59 Å². The van der Waals surface area contributed by atoms with E-state index in [1.807, 2.05) is 0 Å². The van der Waals surface area contributed by atoms with Gasteiger partial charge in [0.1, 0.15) is 0 Å². The predicted molar refractivity (Wildman–Crippen MR) is 33.0 cm³/mol. The van der Waals surface area contributed by atoms with Crippen molar-refractivity contribution in [2.45, 2.75) is 12.2 Å². The van der Waals surface area contributed by atoms with Gasteiger partial charge in [0.05, 0.1) is 0 Å². The molecule has 0 aromatic carbocycles. The first-order valence-electron chi connectivity index (χ1n) is 2.99. The summed E-state index contributed by atoms with van der Waals surface area (Å²) in [6.07, 6.45) is -4.53. The van der Waals surface area contributed by atoms with Gasteiger partial charge in [-0.25, -0.2) is 9.59 Å². The maximum Gasteiger partial charge on any atom is 1.00 e. The smallest absolute Gasteiger partial charge is 0.907 e. The molecule has 2 atom stereocenters. The van der Waals surface area contributed by atoms with Crippen LogP contribution in [0.25, 0.3) is 0 Å². The van der Waals surface area contributed by atoms with Crippen molar-refractivity contribution in [3.63, 3.8) is 0 Å². The molecular weight excluding hydrogens is 272 g/mol. The average Bonchev–Trinajstić information content (AvgIpc) is 2.00. The number of hydrogen-bond acceptors (Lipinski definition) is 7. The second kappa shape index (κ2) is 17.8. The van der Waals surface area contributed by atoms with Crippen LogP contribution in [0.1, 0.15) is 0 Å². The Balaban J connectivity index is -0.0000000607. The predicted octanol–water partition coefficient (Wildman–Crippen LogP) is -15.1. The molecule has 0 saturated heterocycles. The Morgan fingerprint density at radius 2 is 0.941 bits per heavy atom. The van der Waals surface area contributed by atoms with Gasteiger partial charge in [0, 0.05) is 0 Å². The van der Waals surface area contributed by atoms with Crippen LogP contribution in [0, 0.1) is 0 Å². The van der Waals surface area contributed by atoms with Gasteiger partial charge in [-0.3, -0.25) is 7.32 Å². The molecule has 0 aliphatic rings. The maximum absolute atomic E-state index is 9.77. The quantitative estimate of drug-likeness (QED) is 0.363. The van der Waals surface area contributed by atoms with Gasteiger partial charge < -0.3 is 35.5 Å². The van der Waals surface area contributed by atoms with Gasteiger partial charge in [-0.05, 0) is 0 Å². The zero-order valence-corrected chi connectivity index (χ0v) is 15.6. The first-order valence-corrected chi connectivity index (χ1v) is 2.99. The molecule has 2 unspecified atom stereocenters. The number of carbonyl (C=O) groups is 2. The Morgan fingerprint density at radius 1 is 0.824 bits per heavy atom. The molecule has 0 amide bonds. The molecule has 0 aromatic rings. The van der Waals surface area contributed by atoms with Crippen LogP contribution in [0.3, 0.4) is 0 Å². The van der Waals surface area contributed by atoms with E-state index in [0.29, 0.717) is 0 Å². The van der Waals surface area contributed by atoms with Gasteiger partial charge in [0.2, 0.25) is 0 Å². The second-order valence-corrected chi connectivity index (χ2v) is 1.85. The molecule has 0 saturated carbocycles. The Labute approximate surface area is 163 Å². The van der Waals surface area contributed by atoms with E-state index in [9.17, 15) is 9.59 Å². The molecule has 0 fully saturated rings. The normalized spacial score (nSPS) is 10.9. The fourth-order valence-electron chi connectivity index (χ4n) is 0.270. The summed E-state index contributed by atoms with van der Waals surface area (Å²) >= 11 is 0. The zero-order valence-electron chi connectivity index (χ0n) is 9.56. The number of aliphatic hydroxyl groups is 2. The summed E-state index contributed by atoms with van der Waals surface area (Å²) in [6.45, 7) is 0. The fourth-order valence-corrected chi connectivity index (χ4v) is 0.270. The summed E-state index contributed by atoms with van der Waals surface area (Å²) in [6, 6.07) is 0. The van der Waals surface area contributed by atoms with E-state index < -0.39 is 31.5 Å². The fraction of sp³-hybridized carbons (Fsp3) is 0.500. The van der Waals surface area contributed by atoms with Crippen molar-refractivity contribution in [1.82, 2.24) is 0 Å². The number of aliphatic carboxylic acids is 2. The van der Waals surface area contributed by atoms with Gasteiger partial charge in [0.25, 0.3) is 0 Å². The Morgan fingerprint density at radius 3 is 1.00 bits per heavy atom. The van der Waals surface area contributed by atoms with Crippen LogP contribution in [-0.4, -0.2) is 51.9 Å². The van der Waals surface area contributed by atoms with Crippen molar-refractivity contribution in [1.29, 1.82) is 0 Å². The molecule has 17 heavy (non-hydrogen) atoms. The second-order valence-electron chi connectivity index (χ2n) is 1.85. The number of hydrogen-bond donors (Lipinski definition) is 4. The van der Waals surface area contributed by atoms with E-state index in [1.165, 1.54) is 0 Å². The van der Waals surface area contributed by atoms with E-state index >= 15 is 0 Å². The third kappa shape index (κ3) is 23.3. The van der Waals surface area contributed by atoms with E-state index in [0.717, 1.165) is 0 Å². The molecule has 0 aromatic heterocycles. The molecule has 82 valence electrons. The van der Waals surface area contributed by atoms with Crippen molar-refractivity contribution in [2.75, 3.05) is 0 Å². The third-order valence-electron chi connectivity index (χ3n) is 0.805. The van der Waals surface area contributed by atoms with Crippen LogP contribution in [0.4, 0.5) is 0 Å². The molecule has 0 bridgehead atoms. The Bertz CT molecular complexity index is 182. The van der Waals surface area contributed by atoms with Crippen molar-refractivity contribution < 1.29 is 134 Å². The zero-order chi connectivity index (χ0) is 11.9. The summed E-state index contributed by atoms with van der Waals surface area (Å²) in [5, 5.41) is 57.8. The molecule has 0 spiro atoms. The van der Waals surface area contributed by atoms with Crippen molar-refractivity contribution in [3.8, 4) is 0 Å². The molecule has 4 N–H and O–H groups in total. The summed E-state index contributed by atoms with van der Waals surface area (Å²) in [5.74, 6) is -3.54. The van der Waals surface area contributed by atoms with Gasteiger partial charge >= 0.3 is 101 Å². The monoisotopic (exact) mass is 278 g/mol. The van der Waals surface area contributed by atoms with Crippen LogP contribution < -0.4 is 104 Å². The Hall–Kier alpha value is 1.80. The largest absolute Gasteiger partial charge is 1.00 e. The average molecular weight is 278 g/mol. The van der Waals surface area contributed by atoms with Crippen molar-refractivity contribution in [2.24, 2.45) is 0 Å². The molecular formula is C4H6BNa3O9. The minimum Gasteiger partial charge on any atom is -0.907 e. The van der Waals surface area contributed by atoms with E-state index in [1.54, 1.807) is 0 Å². The first kappa shape index (κ1) is 31.3. The first-order chi connectivity index (χ1) is 6.20. The third-order valence-corrected chi connectivity index (χ3v) is 0.805. The number of carboxylic acid groups (broad SMARTS) is 2. The molecule has 0 aliphatic carbocycles. The standard InChI is InChI=1S/C4H6O6.BO3.3Na/c5-1(3(7)8)2(6)4(9)10;2-1(3)4;;;/h1-2,5-6H,(H,7,8)(H,9,10);;;;/q;-3;3*+1. The molecule has 0 rings (SSSR count). The van der Waals surface area contributed by atoms with Crippen LogP contribution in [0.2, 0.25) is 0 Å². The van der Waals surface area contributed by atoms with Crippen LogP contribution >= 0.6 is 0 Å². The summed E-state index contributed by atoms with van der Waals surface area (Å²) in [4.78, 5) is 19.5.